The van der Waals surface area contributed by atoms with Gasteiger partial charge in [0.2, 0.25) is 5.91 Å². The van der Waals surface area contributed by atoms with Gasteiger partial charge in [0.25, 0.3) is 0 Å². The Kier molecular flexibility index (Phi) is 6.33. The van der Waals surface area contributed by atoms with Crippen LogP contribution >= 0.6 is 12.2 Å². The van der Waals surface area contributed by atoms with E-state index in [0.29, 0.717) is 5.11 Å². The summed E-state index contributed by atoms with van der Waals surface area (Å²) in [5, 5.41) is 7.01. The van der Waals surface area contributed by atoms with Crippen molar-refractivity contribution in [3.8, 4) is 5.69 Å². The maximum Gasteiger partial charge on any atom is 0.221 e. The molecule has 0 unspecified atom stereocenters. The Balaban J connectivity index is 1.62. The summed E-state index contributed by atoms with van der Waals surface area (Å²) in [6.07, 6.45) is 1.82. The monoisotopic (exact) mass is 495 g/mol. The lowest BCUT2D eigenvalue weighted by atomic mass is 9.96. The molecule has 0 bridgehead atoms. The van der Waals surface area contributed by atoms with Crippen molar-refractivity contribution < 1.29 is 4.79 Å². The van der Waals surface area contributed by atoms with E-state index in [4.69, 9.17) is 12.2 Å². The minimum atomic E-state index is -0.124. The molecule has 5 rings (SSSR count). The molecule has 1 aliphatic rings. The van der Waals surface area contributed by atoms with Crippen LogP contribution in [0.15, 0.2) is 79.0 Å². The Labute approximate surface area is 217 Å². The highest BCUT2D eigenvalue weighted by atomic mass is 32.1. The summed E-state index contributed by atoms with van der Waals surface area (Å²) >= 11 is 5.88. The first kappa shape index (κ1) is 23.8. The average molecular weight is 496 g/mol. The Morgan fingerprint density at radius 1 is 0.972 bits per heavy atom. The number of rotatable bonds is 5. The summed E-state index contributed by atoms with van der Waals surface area (Å²) in [5.74, 6) is -0.0993. The lowest BCUT2D eigenvalue weighted by Gasteiger charge is -2.28. The number of anilines is 2. The van der Waals surface area contributed by atoms with Crippen molar-refractivity contribution in [1.82, 2.24) is 14.9 Å². The maximum absolute atomic E-state index is 11.5. The normalized spacial score (nSPS) is 17.2. The van der Waals surface area contributed by atoms with Gasteiger partial charge in [-0.2, -0.15) is 0 Å². The van der Waals surface area contributed by atoms with Crippen LogP contribution in [0, 0.1) is 20.8 Å². The number of aryl methyl sites for hydroxylation is 2. The van der Waals surface area contributed by atoms with Gasteiger partial charge < -0.3 is 20.1 Å². The Bertz CT molecular complexity index is 1410. The smallest absolute Gasteiger partial charge is 0.221 e. The van der Waals surface area contributed by atoms with Crippen LogP contribution in [0.2, 0.25) is 0 Å². The highest BCUT2D eigenvalue weighted by Crippen LogP contribution is 2.43. The SMILES string of the molecule is CC(=O)Nc1ccc(N2C(=S)N[C@H](c3ccccn3)[C@H]2c2cc(C)n(-c3ccc(C)cc3)c2C)cc1. The predicted molar refractivity (Wildman–Crippen MR) is 149 cm³/mol. The predicted octanol–water partition coefficient (Wildman–Crippen LogP) is 5.93. The molecule has 4 aromatic rings. The van der Waals surface area contributed by atoms with Gasteiger partial charge in [0, 0.05) is 41.6 Å². The molecular formula is C29H29N5OS. The van der Waals surface area contributed by atoms with Gasteiger partial charge in [-0.25, -0.2) is 0 Å². The first-order valence-corrected chi connectivity index (χ1v) is 12.4. The van der Waals surface area contributed by atoms with E-state index in [1.165, 1.54) is 18.1 Å². The van der Waals surface area contributed by atoms with Crippen molar-refractivity contribution in [1.29, 1.82) is 0 Å². The van der Waals surface area contributed by atoms with Crippen molar-refractivity contribution in [3.05, 3.63) is 107 Å². The van der Waals surface area contributed by atoms with E-state index in [1.807, 2.05) is 48.7 Å². The van der Waals surface area contributed by atoms with Gasteiger partial charge in [0.1, 0.15) is 0 Å². The Hall–Kier alpha value is -3.97. The fourth-order valence-electron chi connectivity index (χ4n) is 5.04. The van der Waals surface area contributed by atoms with E-state index in [2.05, 4.69) is 76.2 Å². The Morgan fingerprint density at radius 2 is 1.67 bits per heavy atom. The number of carbonyl (C=O) groups is 1. The summed E-state index contributed by atoms with van der Waals surface area (Å²) in [7, 11) is 0. The van der Waals surface area contributed by atoms with Gasteiger partial charge in [-0.1, -0.05) is 23.8 Å². The molecule has 3 heterocycles. The van der Waals surface area contributed by atoms with Crippen molar-refractivity contribution in [2.24, 2.45) is 0 Å². The van der Waals surface area contributed by atoms with Gasteiger partial charge >= 0.3 is 0 Å². The number of hydrogen-bond donors (Lipinski definition) is 2. The van der Waals surface area contributed by atoms with Crippen molar-refractivity contribution >= 4 is 34.6 Å². The largest absolute Gasteiger partial charge is 0.351 e. The topological polar surface area (TPSA) is 62.2 Å². The second-order valence-electron chi connectivity index (χ2n) is 9.22. The molecule has 0 radical (unpaired) electrons. The van der Waals surface area contributed by atoms with Crippen LogP contribution in [0.25, 0.3) is 5.69 Å². The molecule has 0 aliphatic carbocycles. The fourth-order valence-corrected chi connectivity index (χ4v) is 5.38. The third-order valence-corrected chi connectivity index (χ3v) is 6.96. The van der Waals surface area contributed by atoms with Crippen molar-refractivity contribution in [3.63, 3.8) is 0 Å². The number of thiocarbonyl (C=S) groups is 1. The number of aromatic nitrogens is 2. The fraction of sp³-hybridized carbons (Fsp3) is 0.207. The molecule has 36 heavy (non-hydrogen) atoms. The van der Waals surface area contributed by atoms with E-state index >= 15 is 0 Å². The zero-order valence-corrected chi connectivity index (χ0v) is 21.6. The van der Waals surface area contributed by atoms with E-state index in [-0.39, 0.29) is 18.0 Å². The van der Waals surface area contributed by atoms with Crippen LogP contribution in [0.4, 0.5) is 11.4 Å². The van der Waals surface area contributed by atoms with Crippen molar-refractivity contribution in [2.45, 2.75) is 39.8 Å². The van der Waals surface area contributed by atoms with Gasteiger partial charge in [0.05, 0.1) is 17.8 Å². The first-order valence-electron chi connectivity index (χ1n) is 12.0. The summed E-state index contributed by atoms with van der Waals surface area (Å²) in [6.45, 7) is 7.91. The van der Waals surface area contributed by atoms with E-state index in [1.54, 1.807) is 0 Å². The summed E-state index contributed by atoms with van der Waals surface area (Å²) in [4.78, 5) is 18.3. The van der Waals surface area contributed by atoms with Crippen LogP contribution in [-0.4, -0.2) is 20.6 Å². The number of pyridine rings is 1. The summed E-state index contributed by atoms with van der Waals surface area (Å²) in [6, 6.07) is 24.4. The van der Waals surface area contributed by atoms with Crippen LogP contribution in [0.3, 0.4) is 0 Å². The molecule has 0 saturated carbocycles. The molecule has 2 atom stereocenters. The number of nitrogens with one attached hydrogen (secondary N) is 2. The van der Waals surface area contributed by atoms with Crippen molar-refractivity contribution in [2.75, 3.05) is 10.2 Å². The first-order chi connectivity index (χ1) is 17.3. The van der Waals surface area contributed by atoms with Gasteiger partial charge in [-0.3, -0.25) is 9.78 Å². The molecule has 1 aliphatic heterocycles. The number of benzene rings is 2. The number of amides is 1. The van der Waals surface area contributed by atoms with Crippen LogP contribution in [-0.2, 0) is 4.79 Å². The van der Waals surface area contributed by atoms with Gasteiger partial charge in [0.15, 0.2) is 5.11 Å². The number of hydrogen-bond acceptors (Lipinski definition) is 3. The summed E-state index contributed by atoms with van der Waals surface area (Å²) < 4.78 is 2.30. The molecule has 2 aromatic heterocycles. The van der Waals surface area contributed by atoms with Crippen LogP contribution < -0.4 is 15.5 Å². The van der Waals surface area contributed by atoms with Crippen LogP contribution in [0.1, 0.15) is 47.2 Å². The molecular weight excluding hydrogens is 466 g/mol. The molecule has 1 fully saturated rings. The molecule has 2 aromatic carbocycles. The maximum atomic E-state index is 11.5. The Morgan fingerprint density at radius 3 is 2.31 bits per heavy atom. The van der Waals surface area contributed by atoms with E-state index in [0.717, 1.165) is 34.1 Å². The molecule has 1 saturated heterocycles. The quantitative estimate of drug-likeness (QED) is 0.336. The highest BCUT2D eigenvalue weighted by molar-refractivity contribution is 7.80. The minimum absolute atomic E-state index is 0.0993. The minimum Gasteiger partial charge on any atom is -0.351 e. The summed E-state index contributed by atoms with van der Waals surface area (Å²) in [5.41, 5.74) is 8.50. The standard InChI is InChI=1S/C29H29N5OS/c1-18-8-12-23(13-9-18)33-19(2)17-25(20(33)3)28-27(26-7-5-6-16-30-26)32-29(36)34(28)24-14-10-22(11-15-24)31-21(4)35/h5-17,27-28H,1-4H3,(H,31,35)(H,32,36)/t27-,28-/m1/s1. The average Bonchev–Trinajstić information content (AvgIpc) is 3.35. The molecule has 0 spiro atoms. The zero-order chi connectivity index (χ0) is 25.4. The molecule has 6 nitrogen and oxygen atoms in total. The zero-order valence-electron chi connectivity index (χ0n) is 20.8. The molecule has 182 valence electrons. The lowest BCUT2D eigenvalue weighted by Crippen LogP contribution is -2.29. The number of carbonyl (C=O) groups excluding carboxylic acids is 1. The van der Waals surface area contributed by atoms with Gasteiger partial charge in [-0.05, 0) is 93.1 Å². The highest BCUT2D eigenvalue weighted by Gasteiger charge is 2.42. The third kappa shape index (κ3) is 4.38. The van der Waals surface area contributed by atoms with Gasteiger partial charge in [-0.15, -0.1) is 0 Å². The second-order valence-corrected chi connectivity index (χ2v) is 9.61. The molecule has 7 heteroatoms. The molecule has 1 amide bonds. The van der Waals surface area contributed by atoms with Crippen LogP contribution in [0.5, 0.6) is 0 Å². The van der Waals surface area contributed by atoms with E-state index in [9.17, 15) is 4.79 Å². The number of nitrogens with zero attached hydrogens (tertiary/aromatic N) is 3. The molecule has 2 N–H and O–H groups in total. The second kappa shape index (κ2) is 9.59. The lowest BCUT2D eigenvalue weighted by molar-refractivity contribution is -0.114. The third-order valence-electron chi connectivity index (χ3n) is 6.65. The van der Waals surface area contributed by atoms with E-state index < -0.39 is 0 Å².